The minimum Gasteiger partial charge on any atom is -0.405 e. The van der Waals surface area contributed by atoms with Crippen LogP contribution in [-0.2, 0) is 19.9 Å². The third kappa shape index (κ3) is 14.1. The topological polar surface area (TPSA) is 93.8 Å². The van der Waals surface area contributed by atoms with Crippen LogP contribution in [0.4, 0.5) is 0 Å². The van der Waals surface area contributed by atoms with Crippen LogP contribution in [0.1, 0.15) is 70.4 Å². The maximum Gasteiger partial charge on any atom is 0.110 e. The van der Waals surface area contributed by atoms with Gasteiger partial charge in [0, 0.05) is 20.0 Å². The first kappa shape index (κ1) is 33.0. The van der Waals surface area contributed by atoms with Crippen molar-refractivity contribution in [3.8, 4) is 0 Å². The van der Waals surface area contributed by atoms with Crippen LogP contribution in [0.5, 0.6) is 0 Å². The first-order valence-corrected chi connectivity index (χ1v) is 14.0. The van der Waals surface area contributed by atoms with E-state index in [1.807, 2.05) is 45.1 Å². The Morgan fingerprint density at radius 3 is 2.25 bits per heavy atom. The minimum atomic E-state index is -2.82. The summed E-state index contributed by atoms with van der Waals surface area (Å²) in [6, 6.07) is 5.60. The summed E-state index contributed by atoms with van der Waals surface area (Å²) in [6.07, 6.45) is 13.7. The molecule has 0 heterocycles. The molecule has 1 rings (SSSR count). The summed E-state index contributed by atoms with van der Waals surface area (Å²) in [7, 11) is 0.515. The van der Waals surface area contributed by atoms with E-state index in [2.05, 4.69) is 15.8 Å². The Morgan fingerprint density at radius 2 is 1.69 bits per heavy atom. The normalized spacial score (nSPS) is 14.8. The molecule has 0 saturated carbocycles. The summed E-state index contributed by atoms with van der Waals surface area (Å²) >= 11 is 0. The van der Waals surface area contributed by atoms with E-state index in [9.17, 15) is 8.76 Å². The van der Waals surface area contributed by atoms with Crippen LogP contribution < -0.4 is 9.86 Å². The highest BCUT2D eigenvalue weighted by Gasteiger charge is 2.24. The van der Waals surface area contributed by atoms with E-state index in [0.29, 0.717) is 10.6 Å². The smallest absolute Gasteiger partial charge is 0.110 e. The number of allylic oxidation sites excluding steroid dienone is 2. The lowest BCUT2D eigenvalue weighted by molar-refractivity contribution is 0.277. The third-order valence-electron chi connectivity index (χ3n) is 4.25. The molecule has 0 bridgehead atoms. The van der Waals surface area contributed by atoms with Crippen LogP contribution in [0.25, 0.3) is 6.08 Å². The van der Waals surface area contributed by atoms with E-state index in [1.54, 1.807) is 26.4 Å². The predicted molar refractivity (Wildman–Crippen MR) is 143 cm³/mol. The summed E-state index contributed by atoms with van der Waals surface area (Å²) in [5.41, 5.74) is 7.17. The van der Waals surface area contributed by atoms with Crippen LogP contribution in [-0.4, -0.2) is 35.8 Å². The monoisotopic (exact) mass is 490 g/mol. The Hall–Kier alpha value is -1.16. The number of ether oxygens (including phenoxy) is 1. The van der Waals surface area contributed by atoms with Gasteiger partial charge in [-0.05, 0) is 42.8 Å². The van der Waals surface area contributed by atoms with Crippen LogP contribution in [0, 0.1) is 6.92 Å². The molecule has 0 fully saturated rings. The largest absolute Gasteiger partial charge is 0.405 e. The molecule has 32 heavy (non-hydrogen) atoms. The molecule has 0 aliphatic rings. The van der Waals surface area contributed by atoms with Gasteiger partial charge in [-0.2, -0.15) is 0 Å². The number of methoxy groups -OCH3 is 1. The molecular formula is C24H46N2O4S2. The average Bonchev–Trinajstić information content (AvgIpc) is 2.79. The summed E-state index contributed by atoms with van der Waals surface area (Å²) < 4.78 is 35.9. The molecule has 0 aromatic heterocycles. The van der Waals surface area contributed by atoms with Crippen molar-refractivity contribution in [3.63, 3.8) is 0 Å². The highest BCUT2D eigenvalue weighted by atomic mass is 32.3. The molecule has 8 heteroatoms. The zero-order valence-corrected chi connectivity index (χ0v) is 22.7. The number of benzene rings is 1. The van der Waals surface area contributed by atoms with Gasteiger partial charge >= 0.3 is 0 Å². The van der Waals surface area contributed by atoms with Gasteiger partial charge in [0.25, 0.3) is 0 Å². The Kier molecular flexibility index (Phi) is 22.4. The van der Waals surface area contributed by atoms with Crippen molar-refractivity contribution in [2.45, 2.75) is 71.1 Å². The second-order valence-corrected chi connectivity index (χ2v) is 10.3. The number of nitrogens with two attached hydrogens (primary N) is 1. The van der Waals surface area contributed by atoms with Crippen molar-refractivity contribution in [2.24, 2.45) is 5.73 Å². The van der Waals surface area contributed by atoms with Gasteiger partial charge in [0.15, 0.2) is 0 Å². The number of rotatable bonds is 13. The van der Waals surface area contributed by atoms with E-state index in [0.717, 1.165) is 30.4 Å². The molecule has 188 valence electrons. The number of hydrogen-bond acceptors (Lipinski definition) is 5. The van der Waals surface area contributed by atoms with Crippen molar-refractivity contribution in [3.05, 3.63) is 47.7 Å². The first-order chi connectivity index (χ1) is 15.4. The highest BCUT2D eigenvalue weighted by molar-refractivity contribution is 8.28. The van der Waals surface area contributed by atoms with Crippen molar-refractivity contribution in [1.82, 2.24) is 4.13 Å². The Bertz CT molecular complexity index is 669. The number of unbranched alkanes of at least 4 members (excludes halogenated alkanes) is 5. The quantitative estimate of drug-likeness (QED) is 0.217. The van der Waals surface area contributed by atoms with Gasteiger partial charge in [-0.3, -0.25) is 8.74 Å². The first-order valence-electron chi connectivity index (χ1n) is 11.2. The van der Waals surface area contributed by atoms with Crippen LogP contribution in [0.3, 0.4) is 0 Å². The summed E-state index contributed by atoms with van der Waals surface area (Å²) in [5.74, 6) is 0.505. The van der Waals surface area contributed by atoms with Crippen molar-refractivity contribution in [2.75, 3.05) is 27.1 Å². The second-order valence-electron chi connectivity index (χ2n) is 6.72. The van der Waals surface area contributed by atoms with Crippen LogP contribution >= 0.6 is 10.8 Å². The molecule has 0 amide bonds. The van der Waals surface area contributed by atoms with E-state index in [4.69, 9.17) is 9.92 Å². The average molecular weight is 491 g/mol. The van der Waals surface area contributed by atoms with E-state index >= 15 is 0 Å². The van der Waals surface area contributed by atoms with Crippen LogP contribution in [0.15, 0.2) is 41.4 Å². The van der Waals surface area contributed by atoms with Gasteiger partial charge < -0.3 is 10.5 Å². The number of nitrogens with one attached hydrogen (secondary N) is 1. The SMILES string of the molecule is CC.CCCCCCCCS(=O)NS(O)(OC)c1cccc(/C=C\C=C\N)c1C.COC. The van der Waals surface area contributed by atoms with Gasteiger partial charge in [0.2, 0.25) is 0 Å². The molecular weight excluding hydrogens is 444 g/mol. The zero-order chi connectivity index (χ0) is 24.8. The molecule has 0 aliphatic carbocycles. The van der Waals surface area contributed by atoms with Crippen molar-refractivity contribution in [1.29, 1.82) is 0 Å². The molecule has 2 atom stereocenters. The van der Waals surface area contributed by atoms with Gasteiger partial charge in [-0.15, -0.1) is 4.13 Å². The van der Waals surface area contributed by atoms with Gasteiger partial charge in [0.1, 0.15) is 11.0 Å². The third-order valence-corrected chi connectivity index (χ3v) is 8.08. The van der Waals surface area contributed by atoms with E-state index < -0.39 is 21.8 Å². The summed E-state index contributed by atoms with van der Waals surface area (Å²) in [4.78, 5) is 0.625. The minimum absolute atomic E-state index is 0.505. The molecule has 0 saturated heterocycles. The van der Waals surface area contributed by atoms with Gasteiger partial charge in [-0.25, -0.2) is 4.21 Å². The van der Waals surface area contributed by atoms with Crippen molar-refractivity contribution < 1.29 is 17.7 Å². The Labute approximate surface area is 201 Å². The molecule has 4 N–H and O–H groups in total. The Balaban J connectivity index is 0. The van der Waals surface area contributed by atoms with Gasteiger partial charge in [0.05, 0.1) is 12.0 Å². The molecule has 1 aromatic carbocycles. The zero-order valence-electron chi connectivity index (χ0n) is 21.1. The van der Waals surface area contributed by atoms with E-state index in [-0.39, 0.29) is 0 Å². The molecule has 6 nitrogen and oxygen atoms in total. The van der Waals surface area contributed by atoms with Crippen LogP contribution in [0.2, 0.25) is 0 Å². The van der Waals surface area contributed by atoms with E-state index in [1.165, 1.54) is 32.6 Å². The summed E-state index contributed by atoms with van der Waals surface area (Å²) in [6.45, 7) is 8.10. The molecule has 1 aromatic rings. The fourth-order valence-electron chi connectivity index (χ4n) is 2.68. The highest BCUT2D eigenvalue weighted by Crippen LogP contribution is 2.51. The predicted octanol–water partition coefficient (Wildman–Crippen LogP) is 6.50. The lowest BCUT2D eigenvalue weighted by Crippen LogP contribution is -2.26. The molecule has 0 radical (unpaired) electrons. The molecule has 0 spiro atoms. The molecule has 0 aliphatic heterocycles. The lowest BCUT2D eigenvalue weighted by atomic mass is 10.1. The standard InChI is InChI=1S/C20H34N2O3S2.C2H6O.C2H6/c1-4-5-6-7-8-11-17-26(23)22-27(24,25-3)20-15-12-14-19(18(20)2)13-9-10-16-21;1-3-2;1-2/h9-10,12-16,22,24H,4-8,11,17,21H2,1-3H3;1-2H3;1-2H3/b13-9-,16-10+;;. The summed E-state index contributed by atoms with van der Waals surface area (Å²) in [5, 5.41) is 0. The maximum atomic E-state index is 12.4. The second kappa shape index (κ2) is 21.7. The number of hydrogen-bond donors (Lipinski definition) is 3. The maximum absolute atomic E-state index is 12.4. The van der Waals surface area contributed by atoms with Crippen molar-refractivity contribution >= 4 is 27.8 Å². The van der Waals surface area contributed by atoms with Gasteiger partial charge in [-0.1, -0.05) is 87.9 Å². The Morgan fingerprint density at radius 1 is 1.09 bits per heavy atom. The molecule has 2 unspecified atom stereocenters. The fourth-order valence-corrected chi connectivity index (χ4v) is 6.10. The lowest BCUT2D eigenvalue weighted by Gasteiger charge is -2.37. The fraction of sp³-hybridized carbons (Fsp3) is 0.583.